The van der Waals surface area contributed by atoms with Crippen LogP contribution in [0.4, 0.5) is 4.79 Å². The average Bonchev–Trinajstić information content (AvgIpc) is 2.89. The number of ether oxygens (including phenoxy) is 1. The van der Waals surface area contributed by atoms with Gasteiger partial charge in [-0.3, -0.25) is 4.79 Å². The second-order valence-electron chi connectivity index (χ2n) is 4.49. The number of nitrogens with one attached hydrogen (secondary N) is 3. The minimum atomic E-state index is -1.36. The highest BCUT2D eigenvalue weighted by molar-refractivity contribution is 5.87. The van der Waals surface area contributed by atoms with E-state index in [2.05, 4.69) is 16.0 Å². The maximum atomic E-state index is 11.7. The van der Waals surface area contributed by atoms with Crippen LogP contribution >= 0.6 is 0 Å². The van der Waals surface area contributed by atoms with Crippen molar-refractivity contribution < 1.29 is 24.2 Å². The maximum Gasteiger partial charge on any atom is 0.332 e. The Balaban J connectivity index is 1.89. The summed E-state index contributed by atoms with van der Waals surface area (Å²) in [5.41, 5.74) is -1.36. The Bertz CT molecular complexity index is 378. The summed E-state index contributed by atoms with van der Waals surface area (Å²) in [5.74, 6) is -1.24. The predicted molar refractivity (Wildman–Crippen MR) is 58.9 cm³/mol. The largest absolute Gasteiger partial charge is 0.479 e. The lowest BCUT2D eigenvalue weighted by Crippen LogP contribution is -2.59. The van der Waals surface area contributed by atoms with E-state index >= 15 is 0 Å². The van der Waals surface area contributed by atoms with Crippen LogP contribution in [-0.2, 0) is 14.3 Å². The molecule has 8 nitrogen and oxygen atoms in total. The highest BCUT2D eigenvalue weighted by Crippen LogP contribution is 2.18. The number of carboxylic acids is 1. The normalized spacial score (nSPS) is 30.9. The average molecular weight is 257 g/mol. The van der Waals surface area contributed by atoms with Crippen molar-refractivity contribution >= 4 is 17.9 Å². The molecule has 0 saturated carbocycles. The van der Waals surface area contributed by atoms with Gasteiger partial charge in [0.05, 0.1) is 12.6 Å². The summed E-state index contributed by atoms with van der Waals surface area (Å²) < 4.78 is 5.02. The number of carbonyl (C=O) groups excluding carboxylic acids is 2. The van der Waals surface area contributed by atoms with Crippen molar-refractivity contribution in [2.45, 2.75) is 24.4 Å². The first-order chi connectivity index (χ1) is 8.52. The molecular formula is C10H15N3O5. The maximum absolute atomic E-state index is 11.7. The van der Waals surface area contributed by atoms with E-state index in [0.29, 0.717) is 13.2 Å². The monoisotopic (exact) mass is 257 g/mol. The van der Waals surface area contributed by atoms with E-state index in [1.807, 2.05) is 0 Å². The van der Waals surface area contributed by atoms with Gasteiger partial charge in [-0.25, -0.2) is 9.59 Å². The zero-order valence-electron chi connectivity index (χ0n) is 9.69. The van der Waals surface area contributed by atoms with Gasteiger partial charge in [0.15, 0.2) is 5.54 Å². The molecular weight excluding hydrogens is 242 g/mol. The van der Waals surface area contributed by atoms with E-state index in [1.54, 1.807) is 0 Å². The van der Waals surface area contributed by atoms with Gasteiger partial charge in [0, 0.05) is 26.0 Å². The first-order valence-corrected chi connectivity index (χ1v) is 5.68. The molecule has 2 heterocycles. The Morgan fingerprint density at radius 1 is 1.50 bits per heavy atom. The number of hydrogen-bond acceptors (Lipinski definition) is 4. The topological polar surface area (TPSA) is 117 Å². The van der Waals surface area contributed by atoms with Crippen molar-refractivity contribution in [1.82, 2.24) is 16.0 Å². The molecule has 2 aliphatic rings. The van der Waals surface area contributed by atoms with Crippen molar-refractivity contribution in [2.24, 2.45) is 0 Å². The summed E-state index contributed by atoms with van der Waals surface area (Å²) in [6.07, 6.45) is 0.446. The van der Waals surface area contributed by atoms with Gasteiger partial charge in [-0.15, -0.1) is 0 Å². The summed E-state index contributed by atoms with van der Waals surface area (Å²) >= 11 is 0. The first-order valence-electron chi connectivity index (χ1n) is 5.68. The van der Waals surface area contributed by atoms with E-state index in [9.17, 15) is 14.4 Å². The van der Waals surface area contributed by atoms with E-state index in [-0.39, 0.29) is 31.4 Å². The van der Waals surface area contributed by atoms with Crippen LogP contribution < -0.4 is 16.0 Å². The quantitative estimate of drug-likeness (QED) is 0.486. The second kappa shape index (κ2) is 4.81. The lowest BCUT2D eigenvalue weighted by Gasteiger charge is -2.24. The van der Waals surface area contributed by atoms with Crippen LogP contribution in [0.3, 0.4) is 0 Å². The van der Waals surface area contributed by atoms with Crippen molar-refractivity contribution in [1.29, 1.82) is 0 Å². The van der Waals surface area contributed by atoms with Crippen LogP contribution in [0, 0.1) is 0 Å². The first kappa shape index (κ1) is 12.6. The summed E-state index contributed by atoms with van der Waals surface area (Å²) in [5, 5.41) is 16.7. The van der Waals surface area contributed by atoms with Crippen molar-refractivity contribution in [2.75, 3.05) is 19.8 Å². The number of hydrogen-bond donors (Lipinski definition) is 4. The van der Waals surface area contributed by atoms with Crippen LogP contribution in [0.25, 0.3) is 0 Å². The summed E-state index contributed by atoms with van der Waals surface area (Å²) in [7, 11) is 0. The fraction of sp³-hybridized carbons (Fsp3) is 0.700. The molecule has 18 heavy (non-hydrogen) atoms. The molecule has 2 rings (SSSR count). The highest BCUT2D eigenvalue weighted by Gasteiger charge is 2.44. The van der Waals surface area contributed by atoms with Crippen LogP contribution in [0.1, 0.15) is 12.8 Å². The summed E-state index contributed by atoms with van der Waals surface area (Å²) in [6.45, 7) is 0.622. The summed E-state index contributed by atoms with van der Waals surface area (Å²) in [4.78, 5) is 33.8. The number of amides is 3. The molecule has 2 aliphatic heterocycles. The van der Waals surface area contributed by atoms with Crippen LogP contribution in [-0.4, -0.2) is 54.4 Å². The third kappa shape index (κ3) is 2.53. The molecule has 100 valence electrons. The van der Waals surface area contributed by atoms with Gasteiger partial charge < -0.3 is 25.8 Å². The molecule has 3 amide bonds. The van der Waals surface area contributed by atoms with Crippen LogP contribution in [0.2, 0.25) is 0 Å². The smallest absolute Gasteiger partial charge is 0.332 e. The van der Waals surface area contributed by atoms with E-state index in [1.165, 1.54) is 0 Å². The molecule has 2 fully saturated rings. The molecule has 2 atom stereocenters. The lowest BCUT2D eigenvalue weighted by atomic mass is 9.99. The molecule has 0 radical (unpaired) electrons. The van der Waals surface area contributed by atoms with Gasteiger partial charge in [-0.1, -0.05) is 0 Å². The Kier molecular flexibility index (Phi) is 3.37. The van der Waals surface area contributed by atoms with Crippen LogP contribution in [0.5, 0.6) is 0 Å². The Morgan fingerprint density at radius 3 is 2.78 bits per heavy atom. The predicted octanol–water partition coefficient (Wildman–Crippen LogP) is -1.58. The van der Waals surface area contributed by atoms with E-state index < -0.39 is 17.5 Å². The molecule has 0 aliphatic carbocycles. The molecule has 8 heteroatoms. The number of carbonyl (C=O) groups is 3. The van der Waals surface area contributed by atoms with Gasteiger partial charge in [0.2, 0.25) is 5.91 Å². The zero-order chi connectivity index (χ0) is 13.2. The van der Waals surface area contributed by atoms with Crippen molar-refractivity contribution in [3.05, 3.63) is 0 Å². The number of rotatable bonds is 3. The van der Waals surface area contributed by atoms with Gasteiger partial charge in [0.25, 0.3) is 0 Å². The molecule has 0 bridgehead atoms. The van der Waals surface area contributed by atoms with Gasteiger partial charge in [-0.2, -0.15) is 0 Å². The molecule has 0 aromatic rings. The molecule has 0 aromatic carbocycles. The molecule has 0 aromatic heterocycles. The molecule has 4 N–H and O–H groups in total. The van der Waals surface area contributed by atoms with E-state index in [0.717, 1.165) is 0 Å². The molecule has 2 saturated heterocycles. The Labute approximate surface area is 103 Å². The Hall–Kier alpha value is -1.83. The third-order valence-corrected chi connectivity index (χ3v) is 3.10. The zero-order valence-corrected chi connectivity index (χ0v) is 9.69. The standard InChI is InChI=1S/C10H15N3O5/c14-7-3-6(4-11-7)12-9(17)13-10(8(15)16)1-2-18-5-10/h6H,1-5H2,(H,11,14)(H,15,16)(H2,12,13,17). The fourth-order valence-corrected chi connectivity index (χ4v) is 2.03. The van der Waals surface area contributed by atoms with Gasteiger partial charge >= 0.3 is 12.0 Å². The van der Waals surface area contributed by atoms with Crippen molar-refractivity contribution in [3.8, 4) is 0 Å². The van der Waals surface area contributed by atoms with Crippen LogP contribution in [0.15, 0.2) is 0 Å². The molecule has 0 spiro atoms. The third-order valence-electron chi connectivity index (χ3n) is 3.10. The second-order valence-corrected chi connectivity index (χ2v) is 4.49. The molecule has 2 unspecified atom stereocenters. The van der Waals surface area contributed by atoms with Crippen molar-refractivity contribution in [3.63, 3.8) is 0 Å². The number of aliphatic carboxylic acids is 1. The lowest BCUT2D eigenvalue weighted by molar-refractivity contribution is -0.144. The highest BCUT2D eigenvalue weighted by atomic mass is 16.5. The SMILES string of the molecule is O=C1CC(NC(=O)NC2(C(=O)O)CCOC2)CN1. The summed E-state index contributed by atoms with van der Waals surface area (Å²) in [6, 6.07) is -0.893. The Morgan fingerprint density at radius 2 is 2.28 bits per heavy atom. The number of urea groups is 1. The van der Waals surface area contributed by atoms with Gasteiger partial charge in [-0.05, 0) is 0 Å². The minimum Gasteiger partial charge on any atom is -0.479 e. The fourth-order valence-electron chi connectivity index (χ4n) is 2.03. The van der Waals surface area contributed by atoms with Gasteiger partial charge in [0.1, 0.15) is 0 Å². The minimum absolute atomic E-state index is 0.0440. The number of carboxylic acid groups (broad SMARTS) is 1. The van der Waals surface area contributed by atoms with E-state index in [4.69, 9.17) is 9.84 Å².